The van der Waals surface area contributed by atoms with Crippen molar-refractivity contribution in [3.8, 4) is 0 Å². The number of aliphatic hydroxyl groups is 3. The quantitative estimate of drug-likeness (QED) is 0.149. The second kappa shape index (κ2) is 14.9. The molecule has 5 rings (SSSR count). The van der Waals surface area contributed by atoms with E-state index in [2.05, 4.69) is 47.3 Å². The fourth-order valence-electron chi connectivity index (χ4n) is 11.1. The molecule has 1 saturated heterocycles. The van der Waals surface area contributed by atoms with Crippen LogP contribution in [-0.2, 0) is 19.0 Å². The first kappa shape index (κ1) is 37.0. The van der Waals surface area contributed by atoms with Crippen molar-refractivity contribution in [2.45, 2.75) is 162 Å². The van der Waals surface area contributed by atoms with Gasteiger partial charge >= 0.3 is 5.97 Å². The van der Waals surface area contributed by atoms with Gasteiger partial charge in [0.2, 0.25) is 0 Å². The molecule has 1 heterocycles. The van der Waals surface area contributed by atoms with Gasteiger partial charge in [0, 0.05) is 6.42 Å². The van der Waals surface area contributed by atoms with Crippen molar-refractivity contribution in [2.75, 3.05) is 6.61 Å². The molecule has 0 aromatic heterocycles. The highest BCUT2D eigenvalue weighted by Gasteiger charge is 2.59. The summed E-state index contributed by atoms with van der Waals surface area (Å²) in [6.07, 6.45) is 9.41. The van der Waals surface area contributed by atoms with Crippen molar-refractivity contribution >= 4 is 5.97 Å². The maximum absolute atomic E-state index is 12.1. The maximum atomic E-state index is 12.1. The van der Waals surface area contributed by atoms with Gasteiger partial charge in [0.1, 0.15) is 31.0 Å². The lowest BCUT2D eigenvalue weighted by molar-refractivity contribution is -0.313. The summed E-state index contributed by atoms with van der Waals surface area (Å²) < 4.78 is 17.6. The number of hydrogen-bond acceptors (Lipinski definition) is 7. The van der Waals surface area contributed by atoms with E-state index in [4.69, 9.17) is 14.2 Å². The lowest BCUT2D eigenvalue weighted by atomic mass is 9.47. The second-order valence-corrected chi connectivity index (χ2v) is 17.3. The molecule has 0 bridgehead atoms. The summed E-state index contributed by atoms with van der Waals surface area (Å²) in [6, 6.07) is 0. The molecule has 7 nitrogen and oxygen atoms in total. The highest BCUT2D eigenvalue weighted by atomic mass is 16.7. The third kappa shape index (κ3) is 7.45. The normalized spacial score (nSPS) is 42.9. The zero-order valence-corrected chi connectivity index (χ0v) is 30.5. The molecule has 5 aliphatic rings. The number of esters is 1. The molecule has 9 unspecified atom stereocenters. The number of aliphatic hydroxyl groups excluding tert-OH is 3. The van der Waals surface area contributed by atoms with E-state index in [0.29, 0.717) is 17.3 Å². The number of fused-ring (bicyclic) bond motifs is 5. The first-order chi connectivity index (χ1) is 22.2. The predicted molar refractivity (Wildman–Crippen MR) is 184 cm³/mol. The molecule has 3 saturated carbocycles. The van der Waals surface area contributed by atoms with Crippen LogP contribution in [0.2, 0.25) is 0 Å². The zero-order chi connectivity index (χ0) is 34.3. The Morgan fingerprint density at radius 2 is 1.77 bits per heavy atom. The largest absolute Gasteiger partial charge is 0.463 e. The first-order valence-corrected chi connectivity index (χ1v) is 19.0. The number of hydrogen-bond donors (Lipinski definition) is 3. The summed E-state index contributed by atoms with van der Waals surface area (Å²) in [6.45, 7) is 20.1. The summed E-state index contributed by atoms with van der Waals surface area (Å²) in [7, 11) is 0. The van der Waals surface area contributed by atoms with Crippen molar-refractivity contribution in [1.82, 2.24) is 0 Å². The summed E-state index contributed by atoms with van der Waals surface area (Å²) in [5.74, 6) is 4.25. The fourth-order valence-corrected chi connectivity index (χ4v) is 11.1. The summed E-state index contributed by atoms with van der Waals surface area (Å²) >= 11 is 0. The number of allylic oxidation sites excluding steroid dienone is 2. The highest BCUT2D eigenvalue weighted by molar-refractivity contribution is 5.69. The van der Waals surface area contributed by atoms with Gasteiger partial charge in [-0.2, -0.15) is 0 Å². The molecule has 7 heteroatoms. The number of carbonyl (C=O) groups is 1. The van der Waals surface area contributed by atoms with Crippen LogP contribution >= 0.6 is 0 Å². The lowest BCUT2D eigenvalue weighted by Crippen LogP contribution is -2.60. The van der Waals surface area contributed by atoms with Crippen LogP contribution in [0.15, 0.2) is 23.8 Å². The number of ether oxygens (including phenoxy) is 3. The average molecular weight is 659 g/mol. The van der Waals surface area contributed by atoms with Gasteiger partial charge in [0.05, 0.1) is 6.10 Å². The van der Waals surface area contributed by atoms with Gasteiger partial charge < -0.3 is 29.5 Å². The molecule has 4 aliphatic carbocycles. The second-order valence-electron chi connectivity index (χ2n) is 17.3. The van der Waals surface area contributed by atoms with Gasteiger partial charge in [0.15, 0.2) is 6.29 Å². The van der Waals surface area contributed by atoms with Gasteiger partial charge in [-0.25, -0.2) is 0 Å². The van der Waals surface area contributed by atoms with Gasteiger partial charge in [-0.05, 0) is 130 Å². The van der Waals surface area contributed by atoms with Crippen molar-refractivity contribution in [1.29, 1.82) is 0 Å². The Bertz CT molecular complexity index is 1130. The van der Waals surface area contributed by atoms with Crippen LogP contribution in [-0.4, -0.2) is 64.7 Å². The maximum Gasteiger partial charge on any atom is 0.306 e. The third-order valence-electron chi connectivity index (χ3n) is 14.0. The van der Waals surface area contributed by atoms with Crippen LogP contribution in [0.3, 0.4) is 0 Å². The minimum atomic E-state index is -1.44. The van der Waals surface area contributed by atoms with E-state index in [0.717, 1.165) is 49.4 Å². The molecule has 1 aliphatic heterocycles. The smallest absolute Gasteiger partial charge is 0.306 e. The van der Waals surface area contributed by atoms with Crippen LogP contribution < -0.4 is 0 Å². The monoisotopic (exact) mass is 658 g/mol. The Morgan fingerprint density at radius 1 is 1.02 bits per heavy atom. The molecule has 14 atom stereocenters. The molecule has 0 aromatic rings. The van der Waals surface area contributed by atoms with Gasteiger partial charge in [-0.1, -0.05) is 65.3 Å². The Morgan fingerprint density at radius 3 is 2.45 bits per heavy atom. The molecule has 0 spiro atoms. The summed E-state index contributed by atoms with van der Waals surface area (Å²) in [4.78, 5) is 12.1. The van der Waals surface area contributed by atoms with Crippen molar-refractivity contribution in [3.63, 3.8) is 0 Å². The summed E-state index contributed by atoms with van der Waals surface area (Å²) in [5, 5.41) is 31.9. The molecule has 0 aromatic carbocycles. The van der Waals surface area contributed by atoms with Crippen molar-refractivity contribution < 1.29 is 34.3 Å². The van der Waals surface area contributed by atoms with E-state index >= 15 is 0 Å². The fraction of sp³-hybridized carbons (Fsp3) is 0.875. The van der Waals surface area contributed by atoms with Crippen LogP contribution in [0.4, 0.5) is 0 Å². The van der Waals surface area contributed by atoms with Crippen LogP contribution in [0.25, 0.3) is 0 Å². The first-order valence-electron chi connectivity index (χ1n) is 19.0. The minimum Gasteiger partial charge on any atom is -0.463 e. The van der Waals surface area contributed by atoms with Crippen LogP contribution in [0.5, 0.6) is 0 Å². The van der Waals surface area contributed by atoms with Crippen molar-refractivity contribution in [2.24, 2.45) is 52.3 Å². The molecular formula is C40H66O7. The van der Waals surface area contributed by atoms with Gasteiger partial charge in [-0.15, -0.1) is 0 Å². The van der Waals surface area contributed by atoms with Gasteiger partial charge in [-0.3, -0.25) is 4.79 Å². The Hall–Kier alpha value is -1.25. The predicted octanol–water partition coefficient (Wildman–Crippen LogP) is 7.37. The Labute approximate surface area is 284 Å². The lowest BCUT2D eigenvalue weighted by Gasteiger charge is -2.58. The van der Waals surface area contributed by atoms with E-state index in [1.54, 1.807) is 0 Å². The summed E-state index contributed by atoms with van der Waals surface area (Å²) in [5.41, 5.74) is 3.43. The van der Waals surface area contributed by atoms with Gasteiger partial charge in [0.25, 0.3) is 0 Å². The van der Waals surface area contributed by atoms with E-state index < -0.39 is 30.7 Å². The Balaban J connectivity index is 1.20. The van der Waals surface area contributed by atoms with Crippen LogP contribution in [0, 0.1) is 52.3 Å². The molecule has 4 fully saturated rings. The standard InChI is InChI=1S/C40H66O7/c1-9-26(24(4)5)11-10-25(6)30-14-15-31-29-13-12-27-21-28(16-18-39(27,7)32(29)17-19-40(30,31)8)46-38-37(44)36(43)35(42)33(47-38)22-45-34(41)20-23(2)3/h12,23,25-26,28-33,35-38,42-44H,4,9-11,13-22H2,1-3,5-8H3/t25?,26?,28?,29?,30-,31?,32?,33?,35-,36?,37?,38-,39+,40-/m1/s1. The highest BCUT2D eigenvalue weighted by Crippen LogP contribution is 2.67. The zero-order valence-electron chi connectivity index (χ0n) is 30.5. The molecule has 47 heavy (non-hydrogen) atoms. The van der Waals surface area contributed by atoms with Crippen LogP contribution in [0.1, 0.15) is 126 Å². The molecule has 268 valence electrons. The van der Waals surface area contributed by atoms with Crippen molar-refractivity contribution in [3.05, 3.63) is 23.8 Å². The van der Waals surface area contributed by atoms with E-state index in [-0.39, 0.29) is 36.4 Å². The topological polar surface area (TPSA) is 105 Å². The van der Waals surface area contributed by atoms with E-state index in [9.17, 15) is 20.1 Å². The van der Waals surface area contributed by atoms with E-state index in [1.165, 1.54) is 56.1 Å². The molecule has 0 radical (unpaired) electrons. The number of carbonyl (C=O) groups excluding carboxylic acids is 1. The third-order valence-corrected chi connectivity index (χ3v) is 14.0. The average Bonchev–Trinajstić information content (AvgIpc) is 3.38. The SMILES string of the molecule is C=C(C)C(CC)CCC(C)[C@H]1CCC2C3CC=C4CC(O[C@@H]5OC(COC(=O)CC(C)C)[C@@H](O)C(O)C5O)CC[C@]4(C)C3CC[C@@]21C. The molecular weight excluding hydrogens is 592 g/mol. The minimum absolute atomic E-state index is 0.145. The molecule has 3 N–H and O–H groups in total. The Kier molecular flexibility index (Phi) is 11.8. The molecule has 0 amide bonds. The number of rotatable bonds is 12. The van der Waals surface area contributed by atoms with E-state index in [1.807, 2.05) is 13.8 Å².